The van der Waals surface area contributed by atoms with Crippen molar-refractivity contribution >= 4 is 23.2 Å². The average Bonchev–Trinajstić information content (AvgIpc) is 3.43. The largest absolute Gasteiger partial charge is 0.458 e. The number of fused-ring (bicyclic) bond motifs is 5. The van der Waals surface area contributed by atoms with Crippen LogP contribution in [0.1, 0.15) is 93.9 Å². The van der Waals surface area contributed by atoms with Gasteiger partial charge < -0.3 is 30.3 Å². The summed E-state index contributed by atoms with van der Waals surface area (Å²) in [5, 5.41) is 14.3. The molecule has 2 atom stereocenters. The Labute approximate surface area is 253 Å². The second-order valence-electron chi connectivity index (χ2n) is 9.88. The van der Waals surface area contributed by atoms with Gasteiger partial charge in [0.2, 0.25) is 0 Å². The maximum atomic E-state index is 14.5. The van der Waals surface area contributed by atoms with Crippen LogP contribution in [0.25, 0.3) is 22.3 Å². The molecule has 9 nitrogen and oxygen atoms in total. The molecule has 3 aliphatic rings. The van der Waals surface area contributed by atoms with Gasteiger partial charge >= 0.3 is 5.97 Å². The molecule has 0 saturated heterocycles. The summed E-state index contributed by atoms with van der Waals surface area (Å²) in [6.07, 6.45) is 3.07. The molecular weight excluding hydrogens is 551 g/mol. The Morgan fingerprint density at radius 3 is 2.42 bits per heavy atom. The van der Waals surface area contributed by atoms with Crippen LogP contribution in [0.4, 0.5) is 4.39 Å². The van der Waals surface area contributed by atoms with Gasteiger partial charge in [-0.1, -0.05) is 34.6 Å². The molecule has 43 heavy (non-hydrogen) atoms. The van der Waals surface area contributed by atoms with Gasteiger partial charge in [0.05, 0.1) is 35.6 Å². The fourth-order valence-electron chi connectivity index (χ4n) is 5.46. The lowest BCUT2D eigenvalue weighted by atomic mass is 9.85. The Morgan fingerprint density at radius 2 is 1.79 bits per heavy atom. The summed E-state index contributed by atoms with van der Waals surface area (Å²) in [7, 11) is 1.50. The molecule has 0 amide bonds. The number of nitrogens with zero attached hydrogens (tertiary/aromatic N) is 2. The minimum absolute atomic E-state index is 0.141. The number of nitrogens with two attached hydrogens (primary N) is 1. The Balaban J connectivity index is 0.000000396. The van der Waals surface area contributed by atoms with Crippen molar-refractivity contribution in [1.29, 1.82) is 0 Å². The third kappa shape index (κ3) is 7.03. The molecule has 0 bridgehead atoms. The van der Waals surface area contributed by atoms with Gasteiger partial charge in [0.1, 0.15) is 18.7 Å². The highest BCUT2D eigenvalue weighted by molar-refractivity contribution is 5.92. The maximum Gasteiger partial charge on any atom is 0.340 e. The van der Waals surface area contributed by atoms with E-state index in [-0.39, 0.29) is 23.5 Å². The van der Waals surface area contributed by atoms with E-state index in [0.29, 0.717) is 47.2 Å². The van der Waals surface area contributed by atoms with Crippen molar-refractivity contribution in [3.63, 3.8) is 0 Å². The summed E-state index contributed by atoms with van der Waals surface area (Å²) < 4.78 is 21.1. The van der Waals surface area contributed by atoms with Crippen LogP contribution in [0.3, 0.4) is 0 Å². The molecule has 0 saturated carbocycles. The number of benzene rings is 1. The number of esters is 1. The summed E-state index contributed by atoms with van der Waals surface area (Å²) in [6.45, 7) is 14.7. The van der Waals surface area contributed by atoms with Crippen LogP contribution < -0.4 is 16.6 Å². The number of nitrogens with one attached hydrogen (secondary N) is 1. The van der Waals surface area contributed by atoms with Crippen LogP contribution in [0.2, 0.25) is 0 Å². The van der Waals surface area contributed by atoms with Crippen molar-refractivity contribution in [2.45, 2.75) is 99.4 Å². The lowest BCUT2D eigenvalue weighted by Gasteiger charge is -2.22. The Bertz CT molecular complexity index is 1500. The van der Waals surface area contributed by atoms with Crippen LogP contribution in [-0.4, -0.2) is 46.5 Å². The predicted octanol–water partition coefficient (Wildman–Crippen LogP) is 4.65. The van der Waals surface area contributed by atoms with Crippen molar-refractivity contribution < 1.29 is 23.8 Å². The molecule has 2 unspecified atom stereocenters. The average molecular weight is 599 g/mol. The lowest BCUT2D eigenvalue weighted by molar-refractivity contribution is -0.157. The van der Waals surface area contributed by atoms with Crippen molar-refractivity contribution in [3.05, 3.63) is 61.7 Å². The van der Waals surface area contributed by atoms with Crippen LogP contribution in [0, 0.1) is 12.7 Å². The fraction of sp³-hybridized carbons (Fsp3) is 0.515. The van der Waals surface area contributed by atoms with Gasteiger partial charge in [0.25, 0.3) is 5.56 Å². The zero-order valence-electron chi connectivity index (χ0n) is 26.8. The number of aldehydes is 1. The molecule has 2 aromatic heterocycles. The predicted molar refractivity (Wildman–Crippen MR) is 169 cm³/mol. The first-order valence-electron chi connectivity index (χ1n) is 15.3. The third-order valence-electron chi connectivity index (χ3n) is 7.70. The normalized spacial score (nSPS) is 15.7. The summed E-state index contributed by atoms with van der Waals surface area (Å²) in [5.41, 5.74) is 10.4. The number of pyridine rings is 2. The molecule has 4 N–H and O–H groups in total. The number of halogens is 1. The number of aryl methyl sites for hydroxylation is 2. The molecule has 3 aromatic rings. The first-order chi connectivity index (χ1) is 20.8. The van der Waals surface area contributed by atoms with Gasteiger partial charge in [-0.2, -0.15) is 0 Å². The topological polar surface area (TPSA) is 137 Å². The third-order valence-corrected chi connectivity index (χ3v) is 7.70. The highest BCUT2D eigenvalue weighted by Gasteiger charge is 2.35. The van der Waals surface area contributed by atoms with Gasteiger partial charge in [0.15, 0.2) is 6.10 Å². The Hall–Kier alpha value is -3.47. The molecule has 236 valence electrons. The van der Waals surface area contributed by atoms with Crippen molar-refractivity contribution in [1.82, 2.24) is 14.9 Å². The van der Waals surface area contributed by atoms with Crippen molar-refractivity contribution in [2.24, 2.45) is 5.73 Å². The molecule has 0 fully saturated rings. The number of carbonyl (C=O) groups excluding carboxylic acids is 2. The first kappa shape index (κ1) is 35.7. The van der Waals surface area contributed by atoms with E-state index in [1.807, 2.05) is 27.7 Å². The van der Waals surface area contributed by atoms with Crippen LogP contribution in [0.15, 0.2) is 16.9 Å². The molecular formula is C33H47FN4O5. The van der Waals surface area contributed by atoms with E-state index in [2.05, 4.69) is 24.9 Å². The number of carbonyl (C=O) groups is 2. The molecule has 0 radical (unpaired) electrons. The van der Waals surface area contributed by atoms with Gasteiger partial charge in [-0.25, -0.2) is 14.2 Å². The Morgan fingerprint density at radius 1 is 1.14 bits per heavy atom. The fourth-order valence-corrected chi connectivity index (χ4v) is 5.46. The minimum atomic E-state index is -1.48. The van der Waals surface area contributed by atoms with Crippen LogP contribution in [-0.2, 0) is 40.3 Å². The van der Waals surface area contributed by atoms with Gasteiger partial charge in [-0.3, -0.25) is 4.79 Å². The molecule has 1 aliphatic carbocycles. The number of aliphatic hydroxyl groups excluding tert-OH is 1. The van der Waals surface area contributed by atoms with Gasteiger partial charge in [-0.15, -0.1) is 0 Å². The summed E-state index contributed by atoms with van der Waals surface area (Å²) in [5.74, 6) is -1.03. The number of cyclic esters (lactones) is 1. The smallest absolute Gasteiger partial charge is 0.340 e. The highest BCUT2D eigenvalue weighted by Crippen LogP contribution is 2.41. The van der Waals surface area contributed by atoms with Crippen LogP contribution in [0.5, 0.6) is 0 Å². The molecule has 4 heterocycles. The quantitative estimate of drug-likeness (QED) is 0.228. The summed E-state index contributed by atoms with van der Waals surface area (Å²) >= 11 is 0. The van der Waals surface area contributed by atoms with E-state index in [9.17, 15) is 23.9 Å². The second-order valence-corrected chi connectivity index (χ2v) is 9.88. The van der Waals surface area contributed by atoms with E-state index >= 15 is 0 Å². The zero-order chi connectivity index (χ0) is 32.4. The van der Waals surface area contributed by atoms with E-state index in [4.69, 9.17) is 9.72 Å². The number of hydrogen-bond donors (Lipinski definition) is 3. The summed E-state index contributed by atoms with van der Waals surface area (Å²) in [6, 6.07) is 3.60. The zero-order valence-corrected chi connectivity index (χ0v) is 26.8. The van der Waals surface area contributed by atoms with E-state index < -0.39 is 12.1 Å². The summed E-state index contributed by atoms with van der Waals surface area (Å²) in [4.78, 5) is 39.3. The SMILES string of the molecule is CC.CC.CCC(C)NCC=O.CN.Cc1c(F)cc2nc3c(c4c2c1CCC4)Cn1c-3cc2c(c1=O)COC(=O)C2O. The number of hydrogen-bond acceptors (Lipinski definition) is 8. The number of aliphatic hydroxyl groups is 1. The molecule has 2 aliphatic heterocycles. The molecule has 6 rings (SSSR count). The van der Waals surface area contributed by atoms with Gasteiger partial charge in [0, 0.05) is 28.6 Å². The number of ether oxygens (including phenoxy) is 1. The van der Waals surface area contributed by atoms with Gasteiger partial charge in [-0.05, 0) is 69.3 Å². The van der Waals surface area contributed by atoms with E-state index in [1.165, 1.54) is 13.1 Å². The van der Waals surface area contributed by atoms with Crippen molar-refractivity contribution in [3.8, 4) is 11.4 Å². The Kier molecular flexibility index (Phi) is 13.6. The maximum absolute atomic E-state index is 14.5. The van der Waals surface area contributed by atoms with Crippen LogP contribution >= 0.6 is 0 Å². The minimum Gasteiger partial charge on any atom is -0.458 e. The molecule has 1 aromatic carbocycles. The molecule has 0 spiro atoms. The lowest BCUT2D eigenvalue weighted by Crippen LogP contribution is -2.32. The highest BCUT2D eigenvalue weighted by atomic mass is 19.1. The van der Waals surface area contributed by atoms with E-state index in [1.54, 1.807) is 17.6 Å². The number of rotatable bonds is 4. The standard InChI is InChI=1S/C22H17FN2O4.C6H13NO.2C2H6.CH5N/c1-9-10-3-2-4-11-13-7-25-17(19(13)24-16(18(10)11)6-15(9)23)5-12-14(21(25)27)8-29-22(28)20(12)26;1-3-6(2)7-4-5-8;3*1-2/h5-6,20,26H,2-4,7-8H2,1H3;5-7H,3-4H2,1-2H3;2*1-2H3;2H2,1H3. The van der Waals surface area contributed by atoms with Crippen molar-refractivity contribution in [2.75, 3.05) is 13.6 Å². The first-order valence-corrected chi connectivity index (χ1v) is 15.3. The van der Waals surface area contributed by atoms with E-state index in [0.717, 1.165) is 54.0 Å². The molecule has 10 heteroatoms. The number of aromatic nitrogens is 2. The second kappa shape index (κ2) is 16.4. The monoisotopic (exact) mass is 598 g/mol.